The van der Waals surface area contributed by atoms with Crippen molar-refractivity contribution >= 4 is 17.5 Å². The number of para-hydroxylation sites is 1. The van der Waals surface area contributed by atoms with Crippen LogP contribution in [-0.4, -0.2) is 15.9 Å². The van der Waals surface area contributed by atoms with E-state index in [2.05, 4.69) is 20.7 Å². The first-order valence-corrected chi connectivity index (χ1v) is 5.79. The van der Waals surface area contributed by atoms with E-state index in [1.54, 1.807) is 13.0 Å². The number of hydrogen-bond acceptors (Lipinski definition) is 5. The molecule has 98 valence electrons. The van der Waals surface area contributed by atoms with E-state index in [9.17, 15) is 4.79 Å². The topological polar surface area (TPSA) is 92.9 Å². The maximum Gasteiger partial charge on any atom is 0.274 e. The zero-order chi connectivity index (χ0) is 13.8. The van der Waals surface area contributed by atoms with Gasteiger partial charge < -0.3 is 5.32 Å². The van der Waals surface area contributed by atoms with Crippen molar-refractivity contribution in [3.05, 3.63) is 47.3 Å². The van der Waals surface area contributed by atoms with Crippen LogP contribution in [0, 0.1) is 13.8 Å². The summed E-state index contributed by atoms with van der Waals surface area (Å²) in [6, 6.07) is 9.14. The molecular weight excluding hydrogens is 242 g/mol. The number of rotatable bonds is 3. The quantitative estimate of drug-likeness (QED) is 0.574. The Morgan fingerprint density at radius 2 is 1.95 bits per heavy atom. The predicted octanol–water partition coefficient (Wildman–Crippen LogP) is 1.63. The minimum absolute atomic E-state index is 0.218. The molecule has 2 rings (SSSR count). The molecule has 1 heterocycles. The van der Waals surface area contributed by atoms with Crippen LogP contribution in [0.5, 0.6) is 0 Å². The first-order chi connectivity index (χ1) is 9.10. The summed E-state index contributed by atoms with van der Waals surface area (Å²) >= 11 is 0. The third-order valence-corrected chi connectivity index (χ3v) is 2.61. The van der Waals surface area contributed by atoms with Crippen LogP contribution in [-0.2, 0) is 0 Å². The van der Waals surface area contributed by atoms with Crippen molar-refractivity contribution in [2.45, 2.75) is 13.8 Å². The van der Waals surface area contributed by atoms with Crippen LogP contribution in [0.3, 0.4) is 0 Å². The van der Waals surface area contributed by atoms with E-state index in [0.717, 1.165) is 11.3 Å². The first kappa shape index (κ1) is 13.0. The number of nitrogens with one attached hydrogen (secondary N) is 2. The van der Waals surface area contributed by atoms with Crippen LogP contribution in [0.15, 0.2) is 30.3 Å². The van der Waals surface area contributed by atoms with Gasteiger partial charge in [0.2, 0.25) is 5.95 Å². The molecule has 0 saturated carbocycles. The molecule has 2 aromatic rings. The van der Waals surface area contributed by atoms with E-state index in [1.165, 1.54) is 0 Å². The number of aryl methyl sites for hydroxylation is 2. The van der Waals surface area contributed by atoms with Crippen LogP contribution in [0.2, 0.25) is 0 Å². The number of aromatic nitrogens is 2. The zero-order valence-corrected chi connectivity index (χ0v) is 10.8. The molecule has 0 saturated heterocycles. The number of carbonyl (C=O) groups excluding carboxylic acids is 1. The molecular formula is C13H15N5O. The molecule has 0 aliphatic rings. The van der Waals surface area contributed by atoms with Crippen LogP contribution in [0.1, 0.15) is 21.7 Å². The van der Waals surface area contributed by atoms with Crippen molar-refractivity contribution in [1.82, 2.24) is 9.97 Å². The Bertz CT molecular complexity index is 612. The highest BCUT2D eigenvalue weighted by Gasteiger charge is 2.11. The van der Waals surface area contributed by atoms with Gasteiger partial charge in [0.05, 0.1) is 0 Å². The smallest absolute Gasteiger partial charge is 0.274 e. The number of anilines is 2. The third-order valence-electron chi connectivity index (χ3n) is 2.61. The summed E-state index contributed by atoms with van der Waals surface area (Å²) in [7, 11) is 0. The monoisotopic (exact) mass is 257 g/mol. The van der Waals surface area contributed by atoms with E-state index in [-0.39, 0.29) is 17.5 Å². The fraction of sp³-hybridized carbons (Fsp3) is 0.154. The molecule has 1 aromatic heterocycles. The number of amides is 1. The number of hydrazine groups is 1. The van der Waals surface area contributed by atoms with Crippen molar-refractivity contribution in [3.8, 4) is 0 Å². The Labute approximate surface area is 111 Å². The number of carbonyl (C=O) groups is 1. The SMILES string of the molecule is Cc1cc(C(=O)Nc2ccccc2C)nc(NN)n1. The molecule has 0 aliphatic heterocycles. The van der Waals surface area contributed by atoms with E-state index in [1.807, 2.05) is 31.2 Å². The van der Waals surface area contributed by atoms with Crippen LogP contribution in [0.4, 0.5) is 11.6 Å². The van der Waals surface area contributed by atoms with Gasteiger partial charge in [-0.15, -0.1) is 0 Å². The van der Waals surface area contributed by atoms with E-state index in [4.69, 9.17) is 5.84 Å². The highest BCUT2D eigenvalue weighted by molar-refractivity contribution is 6.03. The summed E-state index contributed by atoms with van der Waals surface area (Å²) in [5, 5.41) is 2.81. The summed E-state index contributed by atoms with van der Waals surface area (Å²) in [6.07, 6.45) is 0. The molecule has 1 aromatic carbocycles. The summed E-state index contributed by atoms with van der Waals surface area (Å²) in [4.78, 5) is 20.2. The average Bonchev–Trinajstić information content (AvgIpc) is 2.40. The highest BCUT2D eigenvalue weighted by Crippen LogP contribution is 2.14. The molecule has 19 heavy (non-hydrogen) atoms. The molecule has 0 aliphatic carbocycles. The summed E-state index contributed by atoms with van der Waals surface area (Å²) in [5.74, 6) is 5.18. The van der Waals surface area contributed by atoms with Gasteiger partial charge in [-0.25, -0.2) is 15.8 Å². The highest BCUT2D eigenvalue weighted by atomic mass is 16.1. The Morgan fingerprint density at radius 1 is 1.21 bits per heavy atom. The Kier molecular flexibility index (Phi) is 3.72. The van der Waals surface area contributed by atoms with E-state index in [0.29, 0.717) is 5.69 Å². The summed E-state index contributed by atoms with van der Waals surface area (Å²) < 4.78 is 0. The minimum atomic E-state index is -0.295. The van der Waals surface area contributed by atoms with Crippen molar-refractivity contribution in [3.63, 3.8) is 0 Å². The molecule has 1 amide bonds. The average molecular weight is 257 g/mol. The van der Waals surface area contributed by atoms with Crippen molar-refractivity contribution in [1.29, 1.82) is 0 Å². The number of benzene rings is 1. The molecule has 6 nitrogen and oxygen atoms in total. The largest absolute Gasteiger partial charge is 0.320 e. The van der Waals surface area contributed by atoms with E-state index < -0.39 is 0 Å². The third kappa shape index (κ3) is 3.05. The number of nitrogen functional groups attached to an aromatic ring is 1. The maximum atomic E-state index is 12.1. The molecule has 0 radical (unpaired) electrons. The predicted molar refractivity (Wildman–Crippen MR) is 73.7 cm³/mol. The lowest BCUT2D eigenvalue weighted by atomic mass is 10.2. The van der Waals surface area contributed by atoms with Crippen LogP contribution < -0.4 is 16.6 Å². The second kappa shape index (κ2) is 5.45. The summed E-state index contributed by atoms with van der Waals surface area (Å²) in [5.41, 5.74) is 5.01. The number of hydrogen-bond donors (Lipinski definition) is 3. The molecule has 4 N–H and O–H groups in total. The van der Waals surface area contributed by atoms with Crippen LogP contribution in [0.25, 0.3) is 0 Å². The second-order valence-corrected chi connectivity index (χ2v) is 4.13. The first-order valence-electron chi connectivity index (χ1n) is 5.79. The summed E-state index contributed by atoms with van der Waals surface area (Å²) in [6.45, 7) is 3.70. The lowest BCUT2D eigenvalue weighted by Gasteiger charge is -2.08. The van der Waals surface area contributed by atoms with Crippen molar-refractivity contribution < 1.29 is 4.79 Å². The van der Waals surface area contributed by atoms with Crippen LogP contribution >= 0.6 is 0 Å². The van der Waals surface area contributed by atoms with Gasteiger partial charge in [0.25, 0.3) is 5.91 Å². The molecule has 0 bridgehead atoms. The van der Waals surface area contributed by atoms with Crippen molar-refractivity contribution in [2.75, 3.05) is 10.7 Å². The number of nitrogens with zero attached hydrogens (tertiary/aromatic N) is 2. The molecule has 0 atom stereocenters. The zero-order valence-electron chi connectivity index (χ0n) is 10.8. The second-order valence-electron chi connectivity index (χ2n) is 4.13. The fourth-order valence-corrected chi connectivity index (χ4v) is 1.65. The Morgan fingerprint density at radius 3 is 2.63 bits per heavy atom. The van der Waals surface area contributed by atoms with Gasteiger partial charge in [-0.3, -0.25) is 10.2 Å². The normalized spacial score (nSPS) is 10.1. The van der Waals surface area contributed by atoms with Gasteiger partial charge >= 0.3 is 0 Å². The van der Waals surface area contributed by atoms with Gasteiger partial charge in [-0.2, -0.15) is 0 Å². The molecule has 0 spiro atoms. The molecule has 0 unspecified atom stereocenters. The standard InChI is InChI=1S/C13H15N5O/c1-8-5-3-4-6-10(8)16-12(19)11-7-9(2)15-13(17-11)18-14/h3-7H,14H2,1-2H3,(H,16,19)(H,15,17,18). The van der Waals surface area contributed by atoms with Gasteiger partial charge in [-0.05, 0) is 31.5 Å². The Balaban J connectivity index is 2.25. The van der Waals surface area contributed by atoms with Gasteiger partial charge in [-0.1, -0.05) is 18.2 Å². The molecule has 0 fully saturated rings. The fourth-order valence-electron chi connectivity index (χ4n) is 1.65. The van der Waals surface area contributed by atoms with Gasteiger partial charge in [0.15, 0.2) is 0 Å². The maximum absolute atomic E-state index is 12.1. The van der Waals surface area contributed by atoms with E-state index >= 15 is 0 Å². The van der Waals surface area contributed by atoms with Gasteiger partial charge in [0.1, 0.15) is 5.69 Å². The lowest BCUT2D eigenvalue weighted by molar-refractivity contribution is 0.102. The lowest BCUT2D eigenvalue weighted by Crippen LogP contribution is -2.18. The van der Waals surface area contributed by atoms with Gasteiger partial charge in [0, 0.05) is 11.4 Å². The van der Waals surface area contributed by atoms with Crippen molar-refractivity contribution in [2.24, 2.45) is 5.84 Å². The Hall–Kier alpha value is -2.47. The minimum Gasteiger partial charge on any atom is -0.320 e. The molecule has 6 heteroatoms. The number of nitrogens with two attached hydrogens (primary N) is 1.